The van der Waals surface area contributed by atoms with E-state index in [9.17, 15) is 0 Å². The Kier molecular flexibility index (Phi) is 5.70. The fraction of sp³-hybridized carbons (Fsp3) is 0.280. The predicted octanol–water partition coefficient (Wildman–Crippen LogP) is 5.92. The van der Waals surface area contributed by atoms with Gasteiger partial charge in [0.2, 0.25) is 0 Å². The highest BCUT2D eigenvalue weighted by Crippen LogP contribution is 2.35. The van der Waals surface area contributed by atoms with E-state index in [4.69, 9.17) is 32.7 Å². The second-order valence-corrected chi connectivity index (χ2v) is 8.79. The Morgan fingerprint density at radius 1 is 1.00 bits per heavy atom. The van der Waals surface area contributed by atoms with Crippen LogP contribution in [-0.4, -0.2) is 30.7 Å². The molecule has 1 saturated heterocycles. The normalized spacial score (nSPS) is 17.3. The molecule has 5 heteroatoms. The van der Waals surface area contributed by atoms with Crippen LogP contribution in [0.5, 0.6) is 5.75 Å². The largest absolute Gasteiger partial charge is 0.493 e. The van der Waals surface area contributed by atoms with Crippen LogP contribution in [0.25, 0.3) is 0 Å². The Hall–Kier alpha value is -2.04. The number of hydrogen-bond acceptors (Lipinski definition) is 3. The minimum absolute atomic E-state index is 0.166. The van der Waals surface area contributed by atoms with Crippen LogP contribution in [0.1, 0.15) is 28.4 Å². The van der Waals surface area contributed by atoms with Gasteiger partial charge in [0.25, 0.3) is 0 Å². The lowest BCUT2D eigenvalue weighted by molar-refractivity contribution is -0.0839. The van der Waals surface area contributed by atoms with E-state index in [1.165, 1.54) is 11.1 Å². The summed E-state index contributed by atoms with van der Waals surface area (Å²) < 4.78 is 12.1. The number of rotatable bonds is 6. The van der Waals surface area contributed by atoms with E-state index in [0.29, 0.717) is 10.0 Å². The first kappa shape index (κ1) is 19.9. The summed E-state index contributed by atoms with van der Waals surface area (Å²) in [6.45, 7) is 3.54. The van der Waals surface area contributed by atoms with Crippen LogP contribution in [0.4, 0.5) is 0 Å². The summed E-state index contributed by atoms with van der Waals surface area (Å²) in [6, 6.07) is 22.2. The van der Waals surface area contributed by atoms with Gasteiger partial charge in [-0.15, -0.1) is 0 Å². The van der Waals surface area contributed by atoms with Crippen LogP contribution in [-0.2, 0) is 17.7 Å². The molecule has 1 unspecified atom stereocenters. The summed E-state index contributed by atoms with van der Waals surface area (Å²) in [5, 5.41) is 1.43. The molecule has 0 bridgehead atoms. The standard InChI is InChI=1S/C25H23Cl2NO2/c26-20-8-6-18(7-9-20)25(22-3-1-2-4-23(22)27)30-21-15-28(16-21)14-17-5-10-24-19(13-17)11-12-29-24/h1-10,13,21,25H,11-12,14-16H2. The van der Waals surface area contributed by atoms with Gasteiger partial charge < -0.3 is 9.47 Å². The van der Waals surface area contributed by atoms with Crippen molar-refractivity contribution in [2.24, 2.45) is 0 Å². The van der Waals surface area contributed by atoms with Crippen molar-refractivity contribution in [3.8, 4) is 5.75 Å². The van der Waals surface area contributed by atoms with Crippen LogP contribution in [0, 0.1) is 0 Å². The summed E-state index contributed by atoms with van der Waals surface area (Å²) in [5.74, 6) is 1.04. The Morgan fingerprint density at radius 2 is 1.80 bits per heavy atom. The van der Waals surface area contributed by atoms with Crippen molar-refractivity contribution < 1.29 is 9.47 Å². The van der Waals surface area contributed by atoms with Gasteiger partial charge in [-0.05, 0) is 41.0 Å². The van der Waals surface area contributed by atoms with Gasteiger partial charge in [-0.2, -0.15) is 0 Å². The molecule has 0 aromatic heterocycles. The molecule has 2 heterocycles. The van der Waals surface area contributed by atoms with E-state index >= 15 is 0 Å². The first-order valence-corrected chi connectivity index (χ1v) is 11.0. The average Bonchev–Trinajstić information content (AvgIpc) is 3.19. The van der Waals surface area contributed by atoms with Crippen molar-refractivity contribution in [1.82, 2.24) is 4.90 Å². The van der Waals surface area contributed by atoms with E-state index < -0.39 is 0 Å². The summed E-state index contributed by atoms with van der Waals surface area (Å²) in [6.07, 6.45) is 0.968. The quantitative estimate of drug-likeness (QED) is 0.475. The number of fused-ring (bicyclic) bond motifs is 1. The highest BCUT2D eigenvalue weighted by atomic mass is 35.5. The van der Waals surface area contributed by atoms with E-state index in [2.05, 4.69) is 23.1 Å². The van der Waals surface area contributed by atoms with E-state index in [0.717, 1.165) is 49.5 Å². The van der Waals surface area contributed by atoms with Gasteiger partial charge in [0, 0.05) is 41.7 Å². The molecule has 3 aromatic carbocycles. The Balaban J connectivity index is 1.26. The summed E-state index contributed by atoms with van der Waals surface area (Å²) in [4.78, 5) is 2.41. The molecule has 30 heavy (non-hydrogen) atoms. The van der Waals surface area contributed by atoms with Crippen molar-refractivity contribution in [1.29, 1.82) is 0 Å². The van der Waals surface area contributed by atoms with Gasteiger partial charge in [-0.3, -0.25) is 4.90 Å². The molecule has 0 amide bonds. The molecule has 3 aromatic rings. The second-order valence-electron chi connectivity index (χ2n) is 7.95. The molecule has 154 valence electrons. The molecular formula is C25H23Cl2NO2. The van der Waals surface area contributed by atoms with Gasteiger partial charge in [-0.25, -0.2) is 0 Å². The third-order valence-electron chi connectivity index (χ3n) is 5.77. The number of halogens is 2. The van der Waals surface area contributed by atoms with Crippen molar-refractivity contribution in [2.45, 2.75) is 25.2 Å². The molecule has 0 spiro atoms. The minimum Gasteiger partial charge on any atom is -0.493 e. The first-order chi connectivity index (χ1) is 14.7. The van der Waals surface area contributed by atoms with Crippen LogP contribution in [0.15, 0.2) is 66.7 Å². The highest BCUT2D eigenvalue weighted by molar-refractivity contribution is 6.31. The SMILES string of the molecule is Clc1ccc(C(OC2CN(Cc3ccc4c(c3)CCO4)C2)c2ccccc2Cl)cc1. The first-order valence-electron chi connectivity index (χ1n) is 10.3. The average molecular weight is 440 g/mol. The molecule has 0 radical (unpaired) electrons. The van der Waals surface area contributed by atoms with Crippen LogP contribution in [0.2, 0.25) is 10.0 Å². The second kappa shape index (κ2) is 8.60. The summed E-state index contributed by atoms with van der Waals surface area (Å²) in [7, 11) is 0. The van der Waals surface area contributed by atoms with Gasteiger partial charge in [-0.1, -0.05) is 65.7 Å². The monoisotopic (exact) mass is 439 g/mol. The molecule has 2 aliphatic rings. The third kappa shape index (κ3) is 4.21. The molecule has 1 atom stereocenters. The lowest BCUT2D eigenvalue weighted by Gasteiger charge is -2.41. The van der Waals surface area contributed by atoms with Gasteiger partial charge in [0.15, 0.2) is 0 Å². The maximum absolute atomic E-state index is 6.53. The molecular weight excluding hydrogens is 417 g/mol. The molecule has 0 saturated carbocycles. The molecule has 1 fully saturated rings. The molecule has 3 nitrogen and oxygen atoms in total. The number of hydrogen-bond donors (Lipinski definition) is 0. The van der Waals surface area contributed by atoms with Crippen molar-refractivity contribution in [2.75, 3.05) is 19.7 Å². The molecule has 0 N–H and O–H groups in total. The van der Waals surface area contributed by atoms with Crippen LogP contribution < -0.4 is 4.74 Å². The van der Waals surface area contributed by atoms with Gasteiger partial charge in [0.05, 0.1) is 12.7 Å². The lowest BCUT2D eigenvalue weighted by Crippen LogP contribution is -2.51. The zero-order valence-corrected chi connectivity index (χ0v) is 18.1. The maximum Gasteiger partial charge on any atom is 0.122 e. The topological polar surface area (TPSA) is 21.7 Å². The summed E-state index contributed by atoms with van der Waals surface area (Å²) in [5.41, 5.74) is 4.70. The molecule has 2 aliphatic heterocycles. The van der Waals surface area contributed by atoms with Crippen molar-refractivity contribution in [3.63, 3.8) is 0 Å². The molecule has 5 rings (SSSR count). The van der Waals surface area contributed by atoms with Gasteiger partial charge >= 0.3 is 0 Å². The number of likely N-dealkylation sites (tertiary alicyclic amines) is 1. The van der Waals surface area contributed by atoms with Crippen LogP contribution >= 0.6 is 23.2 Å². The molecule has 0 aliphatic carbocycles. The number of ether oxygens (including phenoxy) is 2. The Bertz CT molecular complexity index is 1030. The fourth-order valence-electron chi connectivity index (χ4n) is 4.18. The van der Waals surface area contributed by atoms with Crippen molar-refractivity contribution >= 4 is 23.2 Å². The maximum atomic E-state index is 6.53. The zero-order valence-electron chi connectivity index (χ0n) is 16.6. The van der Waals surface area contributed by atoms with Crippen molar-refractivity contribution in [3.05, 3.63) is 99.0 Å². The number of nitrogens with zero attached hydrogens (tertiary/aromatic N) is 1. The summed E-state index contributed by atoms with van der Waals surface area (Å²) >= 11 is 12.6. The minimum atomic E-state index is -0.208. The van der Waals surface area contributed by atoms with E-state index in [-0.39, 0.29) is 12.2 Å². The Morgan fingerprint density at radius 3 is 2.60 bits per heavy atom. The number of benzene rings is 3. The lowest BCUT2D eigenvalue weighted by atomic mass is 10.00. The highest BCUT2D eigenvalue weighted by Gasteiger charge is 2.31. The van der Waals surface area contributed by atoms with E-state index in [1.807, 2.05) is 48.5 Å². The zero-order chi connectivity index (χ0) is 20.5. The smallest absolute Gasteiger partial charge is 0.122 e. The van der Waals surface area contributed by atoms with Crippen LogP contribution in [0.3, 0.4) is 0 Å². The fourth-order valence-corrected chi connectivity index (χ4v) is 4.54. The van der Waals surface area contributed by atoms with Gasteiger partial charge in [0.1, 0.15) is 11.9 Å². The predicted molar refractivity (Wildman–Crippen MR) is 121 cm³/mol. The van der Waals surface area contributed by atoms with E-state index in [1.54, 1.807) is 0 Å². The third-order valence-corrected chi connectivity index (χ3v) is 6.37. The Labute approximate surface area is 187 Å².